The van der Waals surface area contributed by atoms with Crippen LogP contribution in [0.5, 0.6) is 0 Å². The van der Waals surface area contributed by atoms with Crippen LogP contribution in [0.25, 0.3) is 0 Å². The maximum absolute atomic E-state index is 11.8. The van der Waals surface area contributed by atoms with Crippen molar-refractivity contribution in [3.63, 3.8) is 0 Å². The van der Waals surface area contributed by atoms with Gasteiger partial charge in [-0.15, -0.1) is 0 Å². The Kier molecular flexibility index (Phi) is 6.78. The topological polar surface area (TPSA) is 122 Å². The van der Waals surface area contributed by atoms with Crippen molar-refractivity contribution >= 4 is 17.9 Å². The molecule has 1 fully saturated rings. The van der Waals surface area contributed by atoms with E-state index in [4.69, 9.17) is 15.6 Å². The average molecular weight is 287 g/mol. The Hall–Kier alpha value is -1.83. The van der Waals surface area contributed by atoms with Crippen molar-refractivity contribution in [3.05, 3.63) is 0 Å². The third kappa shape index (κ3) is 6.37. The molecule has 1 unspecified atom stereocenters. The fraction of sp³-hybridized carbons (Fsp3) is 0.750. The summed E-state index contributed by atoms with van der Waals surface area (Å²) in [5, 5.41) is 11.3. The molecular formula is C12H21N3O5. The molecule has 0 aliphatic carbocycles. The van der Waals surface area contributed by atoms with Gasteiger partial charge in [0.2, 0.25) is 5.91 Å². The summed E-state index contributed by atoms with van der Waals surface area (Å²) in [5.41, 5.74) is 4.98. The second-order valence-electron chi connectivity index (χ2n) is 4.73. The van der Waals surface area contributed by atoms with E-state index in [1.807, 2.05) is 0 Å². The summed E-state index contributed by atoms with van der Waals surface area (Å²) in [6.07, 6.45) is 3.95. The van der Waals surface area contributed by atoms with Crippen LogP contribution < -0.4 is 11.1 Å². The Balaban J connectivity index is 2.32. The zero-order valence-corrected chi connectivity index (χ0v) is 11.3. The lowest BCUT2D eigenvalue weighted by molar-refractivity contribution is -0.137. The first-order valence-electron chi connectivity index (χ1n) is 6.63. The van der Waals surface area contributed by atoms with E-state index in [0.717, 1.165) is 30.8 Å². The molecule has 0 aromatic carbocycles. The molecule has 3 amide bonds. The summed E-state index contributed by atoms with van der Waals surface area (Å²) < 4.78 is 5.52. The van der Waals surface area contributed by atoms with Gasteiger partial charge in [-0.25, -0.2) is 4.79 Å². The molecule has 0 saturated carbocycles. The van der Waals surface area contributed by atoms with E-state index in [9.17, 15) is 14.4 Å². The normalized spacial score (nSPS) is 18.3. The van der Waals surface area contributed by atoms with E-state index >= 15 is 0 Å². The van der Waals surface area contributed by atoms with E-state index < -0.39 is 31.0 Å². The van der Waals surface area contributed by atoms with Crippen LogP contribution in [-0.2, 0) is 14.3 Å². The lowest BCUT2D eigenvalue weighted by Gasteiger charge is -2.24. The third-order valence-electron chi connectivity index (χ3n) is 2.98. The molecule has 0 aromatic rings. The molecule has 1 saturated heterocycles. The van der Waals surface area contributed by atoms with Gasteiger partial charge in [0.15, 0.2) is 0 Å². The quantitative estimate of drug-likeness (QED) is 0.584. The molecule has 0 radical (unpaired) electrons. The molecule has 8 nitrogen and oxygen atoms in total. The number of aliphatic carboxylic acids is 1. The van der Waals surface area contributed by atoms with Crippen LogP contribution in [0.4, 0.5) is 4.79 Å². The number of carboxylic acid groups (broad SMARTS) is 1. The predicted octanol–water partition coefficient (Wildman–Crippen LogP) is -0.473. The summed E-state index contributed by atoms with van der Waals surface area (Å²) in [4.78, 5) is 34.1. The van der Waals surface area contributed by atoms with E-state index in [-0.39, 0.29) is 6.10 Å². The minimum Gasteiger partial charge on any atom is -0.480 e. The molecule has 1 aliphatic heterocycles. The molecular weight excluding hydrogens is 266 g/mol. The van der Waals surface area contributed by atoms with Crippen molar-refractivity contribution < 1.29 is 24.2 Å². The van der Waals surface area contributed by atoms with E-state index in [1.54, 1.807) is 0 Å². The van der Waals surface area contributed by atoms with Crippen LogP contribution in [0.15, 0.2) is 0 Å². The highest BCUT2D eigenvalue weighted by Crippen LogP contribution is 2.14. The van der Waals surface area contributed by atoms with Crippen LogP contribution in [0, 0.1) is 0 Å². The SMILES string of the molecule is NC(=O)CN(CC(=O)O)C(=O)NCCC1CCCCO1. The number of nitrogens with one attached hydrogen (secondary N) is 1. The van der Waals surface area contributed by atoms with Gasteiger partial charge in [0.25, 0.3) is 0 Å². The molecule has 0 aromatic heterocycles. The molecule has 1 heterocycles. The summed E-state index contributed by atoms with van der Waals surface area (Å²) in [7, 11) is 0. The number of amides is 3. The van der Waals surface area contributed by atoms with Gasteiger partial charge >= 0.3 is 12.0 Å². The van der Waals surface area contributed by atoms with Gasteiger partial charge in [-0.05, 0) is 25.7 Å². The molecule has 0 spiro atoms. The Labute approximate surface area is 117 Å². The van der Waals surface area contributed by atoms with Gasteiger partial charge in [-0.1, -0.05) is 0 Å². The fourth-order valence-corrected chi connectivity index (χ4v) is 2.04. The molecule has 20 heavy (non-hydrogen) atoms. The zero-order chi connectivity index (χ0) is 15.0. The molecule has 1 aliphatic rings. The summed E-state index contributed by atoms with van der Waals surface area (Å²) >= 11 is 0. The highest BCUT2D eigenvalue weighted by Gasteiger charge is 2.19. The molecule has 8 heteroatoms. The number of ether oxygens (including phenoxy) is 1. The molecule has 114 valence electrons. The van der Waals surface area contributed by atoms with E-state index in [0.29, 0.717) is 13.0 Å². The van der Waals surface area contributed by atoms with Crippen LogP contribution >= 0.6 is 0 Å². The van der Waals surface area contributed by atoms with Crippen molar-refractivity contribution in [2.75, 3.05) is 26.2 Å². The van der Waals surface area contributed by atoms with E-state index in [1.165, 1.54) is 0 Å². The number of carbonyl (C=O) groups excluding carboxylic acids is 2. The van der Waals surface area contributed by atoms with Crippen molar-refractivity contribution in [2.45, 2.75) is 31.8 Å². The largest absolute Gasteiger partial charge is 0.480 e. The summed E-state index contributed by atoms with van der Waals surface area (Å²) in [6, 6.07) is -0.609. The van der Waals surface area contributed by atoms with Crippen LogP contribution in [0.1, 0.15) is 25.7 Å². The lowest BCUT2D eigenvalue weighted by Crippen LogP contribution is -2.47. The second-order valence-corrected chi connectivity index (χ2v) is 4.73. The van der Waals surface area contributed by atoms with Gasteiger partial charge in [-0.2, -0.15) is 0 Å². The highest BCUT2D eigenvalue weighted by atomic mass is 16.5. The minimum atomic E-state index is -1.20. The van der Waals surface area contributed by atoms with Gasteiger partial charge in [0.1, 0.15) is 13.1 Å². The number of nitrogens with zero attached hydrogens (tertiary/aromatic N) is 1. The first kappa shape index (κ1) is 16.2. The first-order valence-corrected chi connectivity index (χ1v) is 6.63. The van der Waals surface area contributed by atoms with Crippen molar-refractivity contribution in [3.8, 4) is 0 Å². The van der Waals surface area contributed by atoms with E-state index in [2.05, 4.69) is 5.32 Å². The Morgan fingerprint density at radius 3 is 2.60 bits per heavy atom. The smallest absolute Gasteiger partial charge is 0.323 e. The van der Waals surface area contributed by atoms with Gasteiger partial charge in [0, 0.05) is 13.2 Å². The van der Waals surface area contributed by atoms with Crippen molar-refractivity contribution in [2.24, 2.45) is 5.73 Å². The fourth-order valence-electron chi connectivity index (χ4n) is 2.04. The molecule has 0 bridgehead atoms. The van der Waals surface area contributed by atoms with Gasteiger partial charge in [-0.3, -0.25) is 9.59 Å². The summed E-state index contributed by atoms with van der Waals surface area (Å²) in [5.74, 6) is -1.95. The zero-order valence-electron chi connectivity index (χ0n) is 11.3. The highest BCUT2D eigenvalue weighted by molar-refractivity contribution is 5.85. The first-order chi connectivity index (χ1) is 9.49. The number of rotatable bonds is 7. The van der Waals surface area contributed by atoms with Gasteiger partial charge in [0.05, 0.1) is 6.10 Å². The van der Waals surface area contributed by atoms with Crippen LogP contribution in [0.3, 0.4) is 0 Å². The Bertz CT molecular complexity index is 339. The van der Waals surface area contributed by atoms with Crippen LogP contribution in [-0.4, -0.2) is 60.3 Å². The number of urea groups is 1. The number of primary amides is 1. The van der Waals surface area contributed by atoms with Gasteiger partial charge < -0.3 is 25.8 Å². The minimum absolute atomic E-state index is 0.133. The number of hydrogen-bond acceptors (Lipinski definition) is 4. The maximum atomic E-state index is 11.8. The number of hydrogen-bond donors (Lipinski definition) is 3. The predicted molar refractivity (Wildman–Crippen MR) is 70.0 cm³/mol. The van der Waals surface area contributed by atoms with Crippen LogP contribution in [0.2, 0.25) is 0 Å². The standard InChI is InChI=1S/C12H21N3O5/c13-10(16)7-15(8-11(17)18)12(19)14-5-4-9-3-1-2-6-20-9/h9H,1-8H2,(H2,13,16)(H,14,19)(H,17,18). The lowest BCUT2D eigenvalue weighted by atomic mass is 10.1. The number of carboxylic acids is 1. The maximum Gasteiger partial charge on any atom is 0.323 e. The Morgan fingerprint density at radius 2 is 2.05 bits per heavy atom. The third-order valence-corrected chi connectivity index (χ3v) is 2.98. The molecule has 4 N–H and O–H groups in total. The van der Waals surface area contributed by atoms with Crippen molar-refractivity contribution in [1.82, 2.24) is 10.2 Å². The molecule has 1 rings (SSSR count). The monoisotopic (exact) mass is 287 g/mol. The van der Waals surface area contributed by atoms with Crippen molar-refractivity contribution in [1.29, 1.82) is 0 Å². The number of nitrogens with two attached hydrogens (primary N) is 1. The Morgan fingerprint density at radius 1 is 1.30 bits per heavy atom. The average Bonchev–Trinajstić information content (AvgIpc) is 2.38. The number of carbonyl (C=O) groups is 3. The molecule has 1 atom stereocenters. The summed E-state index contributed by atoms with van der Waals surface area (Å²) in [6.45, 7) is 0.135. The second kappa shape index (κ2) is 8.36.